The summed E-state index contributed by atoms with van der Waals surface area (Å²) >= 11 is 6.43. The van der Waals surface area contributed by atoms with Crippen molar-refractivity contribution in [1.82, 2.24) is 0 Å². The Bertz CT molecular complexity index is 1030. The standard InChI is InChI=1S/C21H20ClN3O3/c1-21(2)10-17-19(18(26)11-21)20(24-16-6-4-3-5-15(16)23-17)13-9-12(25(27)28)7-8-14(13)22/h3-9,20,23-24H,10-11H2,1-2H3/t20-/m0/s1. The van der Waals surface area contributed by atoms with Crippen molar-refractivity contribution in [1.29, 1.82) is 0 Å². The Morgan fingerprint density at radius 3 is 2.57 bits per heavy atom. The number of carbonyl (C=O) groups is 1. The van der Waals surface area contributed by atoms with Crippen LogP contribution in [0.3, 0.4) is 0 Å². The van der Waals surface area contributed by atoms with Crippen LogP contribution in [-0.4, -0.2) is 10.7 Å². The monoisotopic (exact) mass is 397 g/mol. The van der Waals surface area contributed by atoms with Crippen molar-refractivity contribution in [2.24, 2.45) is 5.41 Å². The number of anilines is 2. The first-order valence-electron chi connectivity index (χ1n) is 9.08. The number of halogens is 1. The fourth-order valence-electron chi connectivity index (χ4n) is 3.99. The molecule has 1 heterocycles. The molecular formula is C21H20ClN3O3. The number of fused-ring (bicyclic) bond motifs is 1. The zero-order valence-electron chi connectivity index (χ0n) is 15.6. The van der Waals surface area contributed by atoms with Gasteiger partial charge in [-0.05, 0) is 30.0 Å². The number of hydrogen-bond acceptors (Lipinski definition) is 5. The molecule has 0 fully saturated rings. The maximum atomic E-state index is 13.1. The molecule has 2 N–H and O–H groups in total. The predicted molar refractivity (Wildman–Crippen MR) is 110 cm³/mol. The molecule has 6 nitrogen and oxygen atoms in total. The molecule has 2 aliphatic rings. The summed E-state index contributed by atoms with van der Waals surface area (Å²) in [6.07, 6.45) is 1.11. The quantitative estimate of drug-likeness (QED) is 0.518. The largest absolute Gasteiger partial charge is 0.372 e. The maximum Gasteiger partial charge on any atom is 0.269 e. The Hall–Kier alpha value is -2.86. The van der Waals surface area contributed by atoms with Gasteiger partial charge < -0.3 is 10.6 Å². The summed E-state index contributed by atoms with van der Waals surface area (Å²) in [6.45, 7) is 4.13. The minimum Gasteiger partial charge on any atom is -0.372 e. The number of rotatable bonds is 2. The molecule has 0 spiro atoms. The van der Waals surface area contributed by atoms with E-state index in [1.54, 1.807) is 0 Å². The number of Topliss-reactive ketones (excluding diaryl/α,β-unsaturated/α-hetero) is 1. The van der Waals surface area contributed by atoms with Gasteiger partial charge in [0.1, 0.15) is 0 Å². The Balaban J connectivity index is 1.93. The van der Waals surface area contributed by atoms with E-state index in [4.69, 9.17) is 11.6 Å². The molecule has 0 saturated carbocycles. The maximum absolute atomic E-state index is 13.1. The molecule has 0 radical (unpaired) electrons. The summed E-state index contributed by atoms with van der Waals surface area (Å²) in [5, 5.41) is 18.5. The molecule has 1 aliphatic heterocycles. The third-order valence-electron chi connectivity index (χ3n) is 5.22. The Morgan fingerprint density at radius 2 is 1.86 bits per heavy atom. The molecule has 0 saturated heterocycles. The Morgan fingerprint density at radius 1 is 1.14 bits per heavy atom. The number of nitro groups is 1. The molecule has 1 aliphatic carbocycles. The molecule has 7 heteroatoms. The Labute approximate surface area is 167 Å². The highest BCUT2D eigenvalue weighted by atomic mass is 35.5. The minimum absolute atomic E-state index is 0.0200. The SMILES string of the molecule is CC1(C)CC(=O)C2=C(C1)Nc1ccccc1N[C@H]2c1cc([N+](=O)[O-])ccc1Cl. The number of carbonyl (C=O) groups excluding carboxylic acids is 1. The van der Waals surface area contributed by atoms with Crippen LogP contribution in [-0.2, 0) is 4.79 Å². The van der Waals surface area contributed by atoms with Crippen molar-refractivity contribution < 1.29 is 9.72 Å². The first-order chi connectivity index (χ1) is 13.2. The number of nitro benzene ring substituents is 1. The first kappa shape index (κ1) is 18.5. The molecule has 4 rings (SSSR count). The lowest BCUT2D eigenvalue weighted by molar-refractivity contribution is -0.384. The van der Waals surface area contributed by atoms with E-state index >= 15 is 0 Å². The second kappa shape index (κ2) is 6.63. The smallest absolute Gasteiger partial charge is 0.269 e. The molecule has 0 unspecified atom stereocenters. The van der Waals surface area contributed by atoms with E-state index in [-0.39, 0.29) is 16.9 Å². The van der Waals surface area contributed by atoms with Crippen LogP contribution in [0.15, 0.2) is 53.7 Å². The van der Waals surface area contributed by atoms with Crippen LogP contribution in [0.1, 0.15) is 38.3 Å². The van der Waals surface area contributed by atoms with E-state index < -0.39 is 11.0 Å². The molecule has 1 atom stereocenters. The van der Waals surface area contributed by atoms with Crippen LogP contribution in [0.4, 0.5) is 17.1 Å². The Kier molecular flexibility index (Phi) is 4.38. The van der Waals surface area contributed by atoms with Crippen LogP contribution in [0.5, 0.6) is 0 Å². The fourth-order valence-corrected chi connectivity index (χ4v) is 4.22. The van der Waals surface area contributed by atoms with Crippen LogP contribution in [0.25, 0.3) is 0 Å². The van der Waals surface area contributed by atoms with Gasteiger partial charge in [0.25, 0.3) is 5.69 Å². The number of nitrogens with one attached hydrogen (secondary N) is 2. The number of allylic oxidation sites excluding steroid dienone is 1. The highest BCUT2D eigenvalue weighted by Gasteiger charge is 2.39. The van der Waals surface area contributed by atoms with Gasteiger partial charge >= 0.3 is 0 Å². The third kappa shape index (κ3) is 3.24. The van der Waals surface area contributed by atoms with Crippen LogP contribution in [0.2, 0.25) is 5.02 Å². The minimum atomic E-state index is -0.567. The molecule has 144 valence electrons. The number of hydrogen-bond donors (Lipinski definition) is 2. The van der Waals surface area contributed by atoms with Crippen LogP contribution < -0.4 is 10.6 Å². The van der Waals surface area contributed by atoms with E-state index in [9.17, 15) is 14.9 Å². The van der Waals surface area contributed by atoms with Gasteiger partial charge in [-0.15, -0.1) is 0 Å². The van der Waals surface area contributed by atoms with Crippen molar-refractivity contribution in [2.75, 3.05) is 10.6 Å². The molecule has 2 aromatic rings. The van der Waals surface area contributed by atoms with Crippen molar-refractivity contribution in [3.05, 3.63) is 74.4 Å². The number of non-ortho nitro benzene ring substituents is 1. The highest BCUT2D eigenvalue weighted by Crippen LogP contribution is 2.46. The average Bonchev–Trinajstić information content (AvgIpc) is 2.77. The number of benzene rings is 2. The van der Waals surface area contributed by atoms with Gasteiger partial charge in [-0.3, -0.25) is 14.9 Å². The molecule has 0 bridgehead atoms. The molecule has 28 heavy (non-hydrogen) atoms. The van der Waals surface area contributed by atoms with Crippen molar-refractivity contribution >= 4 is 34.4 Å². The third-order valence-corrected chi connectivity index (χ3v) is 5.57. The molecule has 2 aromatic carbocycles. The second-order valence-electron chi connectivity index (χ2n) is 8.04. The molecule has 0 aromatic heterocycles. The summed E-state index contributed by atoms with van der Waals surface area (Å²) in [4.78, 5) is 24.0. The van der Waals surface area contributed by atoms with Gasteiger partial charge in [0.15, 0.2) is 5.78 Å². The zero-order chi connectivity index (χ0) is 20.1. The van der Waals surface area contributed by atoms with E-state index in [2.05, 4.69) is 24.5 Å². The van der Waals surface area contributed by atoms with Gasteiger partial charge in [-0.1, -0.05) is 37.6 Å². The van der Waals surface area contributed by atoms with E-state index in [1.165, 1.54) is 18.2 Å². The van der Waals surface area contributed by atoms with Gasteiger partial charge in [-0.2, -0.15) is 0 Å². The summed E-state index contributed by atoms with van der Waals surface area (Å²) in [6, 6.07) is 11.4. The van der Waals surface area contributed by atoms with Crippen molar-refractivity contribution in [3.8, 4) is 0 Å². The number of nitrogens with zero attached hydrogens (tertiary/aromatic N) is 1. The predicted octanol–water partition coefficient (Wildman–Crippen LogP) is 5.47. The average molecular weight is 398 g/mol. The topological polar surface area (TPSA) is 84.3 Å². The normalized spacial score (nSPS) is 20.4. The van der Waals surface area contributed by atoms with E-state index in [0.717, 1.165) is 17.1 Å². The van der Waals surface area contributed by atoms with Gasteiger partial charge in [0.05, 0.1) is 22.3 Å². The second-order valence-corrected chi connectivity index (χ2v) is 8.45. The summed E-state index contributed by atoms with van der Waals surface area (Å²) in [5.74, 6) is 0.0200. The van der Waals surface area contributed by atoms with Gasteiger partial charge in [-0.25, -0.2) is 0 Å². The first-order valence-corrected chi connectivity index (χ1v) is 9.46. The fraction of sp³-hybridized carbons (Fsp3) is 0.286. The van der Waals surface area contributed by atoms with Gasteiger partial charge in [0, 0.05) is 40.4 Å². The highest BCUT2D eigenvalue weighted by molar-refractivity contribution is 6.31. The van der Waals surface area contributed by atoms with Crippen molar-refractivity contribution in [2.45, 2.75) is 32.7 Å². The summed E-state index contributed by atoms with van der Waals surface area (Å²) in [5.41, 5.74) is 3.41. The lowest BCUT2D eigenvalue weighted by Crippen LogP contribution is -2.31. The van der Waals surface area contributed by atoms with Crippen LogP contribution >= 0.6 is 11.6 Å². The number of para-hydroxylation sites is 2. The van der Waals surface area contributed by atoms with Crippen molar-refractivity contribution in [3.63, 3.8) is 0 Å². The van der Waals surface area contributed by atoms with E-state index in [0.29, 0.717) is 29.0 Å². The summed E-state index contributed by atoms with van der Waals surface area (Å²) in [7, 11) is 0. The molecule has 0 amide bonds. The summed E-state index contributed by atoms with van der Waals surface area (Å²) < 4.78 is 0. The zero-order valence-corrected chi connectivity index (χ0v) is 16.3. The molecular weight excluding hydrogens is 378 g/mol. The van der Waals surface area contributed by atoms with Gasteiger partial charge in [0.2, 0.25) is 0 Å². The number of ketones is 1. The lowest BCUT2D eigenvalue weighted by atomic mass is 9.73. The lowest BCUT2D eigenvalue weighted by Gasteiger charge is -2.34. The van der Waals surface area contributed by atoms with Crippen LogP contribution in [0, 0.1) is 15.5 Å². The van der Waals surface area contributed by atoms with E-state index in [1.807, 2.05) is 24.3 Å².